The number of halogens is 1. The van der Waals surface area contributed by atoms with Crippen molar-refractivity contribution >= 4 is 15.9 Å². The zero-order valence-corrected chi connectivity index (χ0v) is 18.9. The highest BCUT2D eigenvalue weighted by atomic mass is 32.2. The number of carbonyl (C=O) groups is 1. The van der Waals surface area contributed by atoms with Gasteiger partial charge in [0.1, 0.15) is 5.82 Å². The fourth-order valence-corrected chi connectivity index (χ4v) is 5.75. The van der Waals surface area contributed by atoms with E-state index in [0.29, 0.717) is 18.8 Å². The molecule has 0 bridgehead atoms. The molecule has 2 aromatic rings. The summed E-state index contributed by atoms with van der Waals surface area (Å²) in [6.07, 6.45) is 2.86. The van der Waals surface area contributed by atoms with Crippen LogP contribution in [0, 0.1) is 17.7 Å². The number of hydrogen-bond acceptors (Lipinski definition) is 3. The fraction of sp³-hybridized carbons (Fsp3) is 0.458. The first kappa shape index (κ1) is 23.4. The van der Waals surface area contributed by atoms with Gasteiger partial charge in [-0.25, -0.2) is 12.8 Å². The van der Waals surface area contributed by atoms with Crippen LogP contribution in [-0.2, 0) is 14.8 Å². The van der Waals surface area contributed by atoms with E-state index >= 15 is 0 Å². The van der Waals surface area contributed by atoms with E-state index in [1.807, 2.05) is 30.3 Å². The summed E-state index contributed by atoms with van der Waals surface area (Å²) in [5.41, 5.74) is 1.10. The third-order valence-corrected chi connectivity index (χ3v) is 8.17. The van der Waals surface area contributed by atoms with Gasteiger partial charge in [-0.05, 0) is 48.6 Å². The number of carbonyl (C=O) groups excluding carboxylic acids is 1. The van der Waals surface area contributed by atoms with Crippen LogP contribution in [0.5, 0.6) is 0 Å². The van der Waals surface area contributed by atoms with Gasteiger partial charge in [-0.3, -0.25) is 4.79 Å². The Hall–Kier alpha value is -2.25. The third kappa shape index (κ3) is 5.52. The van der Waals surface area contributed by atoms with Crippen LogP contribution in [0.25, 0.3) is 0 Å². The van der Waals surface area contributed by atoms with E-state index in [1.54, 1.807) is 0 Å². The molecule has 1 atom stereocenters. The second kappa shape index (κ2) is 10.4. The van der Waals surface area contributed by atoms with Gasteiger partial charge in [0.05, 0.1) is 10.9 Å². The minimum absolute atomic E-state index is 0.0143. The Morgan fingerprint density at radius 2 is 1.61 bits per heavy atom. The van der Waals surface area contributed by atoms with Crippen molar-refractivity contribution < 1.29 is 17.6 Å². The standard InChI is InChI=1S/C24H31FN2O3S/c1-3-18(4-2)23(19-8-6-5-7-9-19)26-24(28)20-14-16-27(17-15-20)31(29,30)22-12-10-21(25)11-13-22/h5-13,18,20,23H,3-4,14-17H2,1-2H3,(H,26,28). The molecule has 0 spiro atoms. The van der Waals surface area contributed by atoms with E-state index < -0.39 is 15.8 Å². The molecule has 168 valence electrons. The van der Waals surface area contributed by atoms with E-state index in [-0.39, 0.29) is 35.9 Å². The zero-order chi connectivity index (χ0) is 22.4. The molecule has 1 N–H and O–H groups in total. The van der Waals surface area contributed by atoms with E-state index in [9.17, 15) is 17.6 Å². The second-order valence-corrected chi connectivity index (χ2v) is 10.0. The molecule has 31 heavy (non-hydrogen) atoms. The van der Waals surface area contributed by atoms with Crippen molar-refractivity contribution in [2.75, 3.05) is 13.1 Å². The lowest BCUT2D eigenvalue weighted by atomic mass is 9.87. The van der Waals surface area contributed by atoms with Crippen LogP contribution in [0.3, 0.4) is 0 Å². The molecule has 0 saturated carbocycles. The predicted octanol–water partition coefficient (Wildman–Crippen LogP) is 4.52. The number of amides is 1. The summed E-state index contributed by atoms with van der Waals surface area (Å²) in [5.74, 6) is -0.370. The molecular weight excluding hydrogens is 415 g/mol. The average molecular weight is 447 g/mol. The molecule has 1 amide bonds. The molecular formula is C24H31FN2O3S. The molecule has 1 unspecified atom stereocenters. The lowest BCUT2D eigenvalue weighted by Crippen LogP contribution is -2.44. The lowest BCUT2D eigenvalue weighted by Gasteiger charge is -2.33. The number of nitrogens with zero attached hydrogens (tertiary/aromatic N) is 1. The van der Waals surface area contributed by atoms with Crippen LogP contribution in [0.1, 0.15) is 51.1 Å². The normalized spacial score (nSPS) is 16.9. The van der Waals surface area contributed by atoms with Crippen LogP contribution in [0.15, 0.2) is 59.5 Å². The Labute approximate surface area is 184 Å². The minimum atomic E-state index is -3.68. The summed E-state index contributed by atoms with van der Waals surface area (Å²) in [6, 6.07) is 14.8. The van der Waals surface area contributed by atoms with Crippen LogP contribution < -0.4 is 5.32 Å². The quantitative estimate of drug-likeness (QED) is 0.648. The van der Waals surface area contributed by atoms with Gasteiger partial charge in [-0.1, -0.05) is 57.0 Å². The Morgan fingerprint density at radius 1 is 1.03 bits per heavy atom. The van der Waals surface area contributed by atoms with Crippen molar-refractivity contribution in [1.82, 2.24) is 9.62 Å². The summed E-state index contributed by atoms with van der Waals surface area (Å²) in [6.45, 7) is 4.82. The SMILES string of the molecule is CCC(CC)C(NC(=O)C1CCN(S(=O)(=O)c2ccc(F)cc2)CC1)c1ccccc1. The van der Waals surface area contributed by atoms with Gasteiger partial charge < -0.3 is 5.32 Å². The Balaban J connectivity index is 1.65. The van der Waals surface area contributed by atoms with E-state index in [2.05, 4.69) is 19.2 Å². The number of benzene rings is 2. The van der Waals surface area contributed by atoms with E-state index in [0.717, 1.165) is 30.5 Å². The first-order valence-corrected chi connectivity index (χ1v) is 12.4. The van der Waals surface area contributed by atoms with Gasteiger partial charge in [0.25, 0.3) is 0 Å². The van der Waals surface area contributed by atoms with E-state index in [4.69, 9.17) is 0 Å². The van der Waals surface area contributed by atoms with Crippen molar-refractivity contribution in [2.45, 2.75) is 50.5 Å². The summed E-state index contributed by atoms with van der Waals surface area (Å²) in [5, 5.41) is 3.25. The van der Waals surface area contributed by atoms with Crippen molar-refractivity contribution in [3.8, 4) is 0 Å². The molecule has 1 heterocycles. The molecule has 0 aliphatic carbocycles. The first-order valence-electron chi connectivity index (χ1n) is 11.0. The maximum Gasteiger partial charge on any atom is 0.243 e. The summed E-state index contributed by atoms with van der Waals surface area (Å²) in [4.78, 5) is 13.1. The van der Waals surface area contributed by atoms with Gasteiger partial charge in [0.2, 0.25) is 15.9 Å². The topological polar surface area (TPSA) is 66.5 Å². The lowest BCUT2D eigenvalue weighted by molar-refractivity contribution is -0.127. The molecule has 1 aliphatic rings. The molecule has 1 aliphatic heterocycles. The first-order chi connectivity index (χ1) is 14.9. The summed E-state index contributed by atoms with van der Waals surface area (Å²) < 4.78 is 40.1. The smallest absolute Gasteiger partial charge is 0.243 e. The highest BCUT2D eigenvalue weighted by Gasteiger charge is 2.33. The van der Waals surface area contributed by atoms with Gasteiger partial charge in [-0.2, -0.15) is 4.31 Å². The minimum Gasteiger partial charge on any atom is -0.349 e. The number of hydrogen-bond donors (Lipinski definition) is 1. The van der Waals surface area contributed by atoms with Crippen LogP contribution in [0.2, 0.25) is 0 Å². The van der Waals surface area contributed by atoms with Gasteiger partial charge in [0.15, 0.2) is 0 Å². The van der Waals surface area contributed by atoms with Crippen molar-refractivity contribution in [2.24, 2.45) is 11.8 Å². The average Bonchev–Trinajstić information content (AvgIpc) is 2.80. The summed E-state index contributed by atoms with van der Waals surface area (Å²) in [7, 11) is -3.68. The summed E-state index contributed by atoms with van der Waals surface area (Å²) >= 11 is 0. The van der Waals surface area contributed by atoms with Crippen molar-refractivity contribution in [3.63, 3.8) is 0 Å². The molecule has 1 saturated heterocycles. The van der Waals surface area contributed by atoms with Crippen molar-refractivity contribution in [1.29, 1.82) is 0 Å². The van der Waals surface area contributed by atoms with Crippen LogP contribution in [0.4, 0.5) is 4.39 Å². The molecule has 7 heteroatoms. The highest BCUT2D eigenvalue weighted by Crippen LogP contribution is 2.29. The van der Waals surface area contributed by atoms with Gasteiger partial charge in [0, 0.05) is 19.0 Å². The molecule has 5 nitrogen and oxygen atoms in total. The fourth-order valence-electron chi connectivity index (χ4n) is 4.28. The maximum atomic E-state index is 13.1. The zero-order valence-electron chi connectivity index (χ0n) is 18.1. The van der Waals surface area contributed by atoms with Crippen molar-refractivity contribution in [3.05, 3.63) is 66.0 Å². The number of rotatable bonds is 8. The third-order valence-electron chi connectivity index (χ3n) is 6.25. The Morgan fingerprint density at radius 3 is 2.16 bits per heavy atom. The second-order valence-electron chi connectivity index (χ2n) is 8.11. The monoisotopic (exact) mass is 446 g/mol. The molecule has 0 radical (unpaired) electrons. The van der Waals surface area contributed by atoms with Gasteiger partial charge in [-0.15, -0.1) is 0 Å². The highest BCUT2D eigenvalue weighted by molar-refractivity contribution is 7.89. The Bertz CT molecular complexity index is 952. The number of sulfonamides is 1. The van der Waals surface area contributed by atoms with Crippen LogP contribution in [-0.4, -0.2) is 31.7 Å². The number of piperidine rings is 1. The van der Waals surface area contributed by atoms with Crippen LogP contribution >= 0.6 is 0 Å². The van der Waals surface area contributed by atoms with Gasteiger partial charge >= 0.3 is 0 Å². The van der Waals surface area contributed by atoms with E-state index in [1.165, 1.54) is 16.4 Å². The molecule has 0 aromatic heterocycles. The molecule has 2 aromatic carbocycles. The largest absolute Gasteiger partial charge is 0.349 e. The molecule has 1 fully saturated rings. The predicted molar refractivity (Wildman–Crippen MR) is 119 cm³/mol. The molecule has 3 rings (SSSR count). The number of nitrogens with one attached hydrogen (secondary N) is 1. The Kier molecular flexibility index (Phi) is 7.84. The maximum absolute atomic E-state index is 13.1.